The lowest BCUT2D eigenvalue weighted by Crippen LogP contribution is -2.19. The number of aromatic nitrogens is 2. The minimum atomic E-state index is -0.270. The highest BCUT2D eigenvalue weighted by molar-refractivity contribution is 5.61. The van der Waals surface area contributed by atoms with Gasteiger partial charge < -0.3 is 10.6 Å². The zero-order valence-electron chi connectivity index (χ0n) is 11.1. The van der Waals surface area contributed by atoms with Gasteiger partial charge >= 0.3 is 0 Å². The zero-order chi connectivity index (χ0) is 13.8. The normalized spacial score (nSPS) is 10.5. The molecule has 1 aromatic carbocycles. The van der Waals surface area contributed by atoms with Crippen LogP contribution in [0.2, 0.25) is 0 Å². The molecule has 2 rings (SSSR count). The molecule has 0 bridgehead atoms. The first-order valence-electron chi connectivity index (χ1n) is 6.30. The summed E-state index contributed by atoms with van der Waals surface area (Å²) in [4.78, 5) is 10.5. The Hall–Kier alpha value is -2.17. The maximum Gasteiger partial charge on any atom is 0.138 e. The van der Waals surface area contributed by atoms with Gasteiger partial charge in [0.15, 0.2) is 0 Å². The third-order valence-electron chi connectivity index (χ3n) is 2.81. The fourth-order valence-electron chi connectivity index (χ4n) is 1.92. The number of nitrogens with two attached hydrogens (primary N) is 1. The molecule has 2 aromatic rings. The second kappa shape index (κ2) is 5.65. The molecule has 5 heteroatoms. The van der Waals surface area contributed by atoms with Crippen molar-refractivity contribution in [1.29, 1.82) is 0 Å². The molecule has 0 aliphatic rings. The van der Waals surface area contributed by atoms with Gasteiger partial charge in [-0.15, -0.1) is 0 Å². The van der Waals surface area contributed by atoms with E-state index in [1.54, 1.807) is 12.1 Å². The van der Waals surface area contributed by atoms with Crippen LogP contribution in [-0.2, 0) is 6.42 Å². The number of benzene rings is 1. The van der Waals surface area contributed by atoms with Crippen molar-refractivity contribution in [3.05, 3.63) is 42.0 Å². The molecule has 0 aliphatic heterocycles. The number of rotatable bonds is 4. The molecule has 0 fully saturated rings. The third-order valence-corrected chi connectivity index (χ3v) is 2.81. The molecule has 19 heavy (non-hydrogen) atoms. The lowest BCUT2D eigenvalue weighted by molar-refractivity contribution is 0.627. The van der Waals surface area contributed by atoms with Gasteiger partial charge in [-0.05, 0) is 25.1 Å². The SMILES string of the molecule is CCc1nc(N)cc(N(CC)c2cccc(F)c2)n1. The van der Waals surface area contributed by atoms with Crippen molar-refractivity contribution in [1.82, 2.24) is 9.97 Å². The average Bonchev–Trinajstić information content (AvgIpc) is 2.39. The molecule has 1 heterocycles. The lowest BCUT2D eigenvalue weighted by Gasteiger charge is -2.22. The van der Waals surface area contributed by atoms with E-state index < -0.39 is 0 Å². The van der Waals surface area contributed by atoms with Crippen molar-refractivity contribution in [3.8, 4) is 0 Å². The lowest BCUT2D eigenvalue weighted by atomic mass is 10.2. The Morgan fingerprint density at radius 1 is 1.21 bits per heavy atom. The molecule has 0 unspecified atom stereocenters. The first-order valence-corrected chi connectivity index (χ1v) is 6.30. The summed E-state index contributed by atoms with van der Waals surface area (Å²) in [5.41, 5.74) is 6.54. The summed E-state index contributed by atoms with van der Waals surface area (Å²) in [7, 11) is 0. The van der Waals surface area contributed by atoms with Gasteiger partial charge in [-0.1, -0.05) is 13.0 Å². The quantitative estimate of drug-likeness (QED) is 0.918. The summed E-state index contributed by atoms with van der Waals surface area (Å²) < 4.78 is 13.3. The molecule has 0 radical (unpaired) electrons. The Morgan fingerprint density at radius 3 is 2.63 bits per heavy atom. The number of anilines is 3. The monoisotopic (exact) mass is 260 g/mol. The summed E-state index contributed by atoms with van der Waals surface area (Å²) in [5.74, 6) is 1.53. The molecule has 0 saturated heterocycles. The molecule has 0 saturated carbocycles. The van der Waals surface area contributed by atoms with Gasteiger partial charge in [-0.3, -0.25) is 0 Å². The van der Waals surface area contributed by atoms with Gasteiger partial charge in [0.1, 0.15) is 23.3 Å². The van der Waals surface area contributed by atoms with Gasteiger partial charge in [0.25, 0.3) is 0 Å². The standard InChI is InChI=1S/C14H17FN4/c1-3-13-17-12(16)9-14(18-13)19(4-2)11-7-5-6-10(15)8-11/h5-9H,3-4H2,1-2H3,(H2,16,17,18). The number of nitrogen functional groups attached to an aromatic ring is 1. The molecule has 0 aliphatic carbocycles. The smallest absolute Gasteiger partial charge is 0.138 e. The Labute approximate surface area is 112 Å². The predicted molar refractivity (Wildman–Crippen MR) is 74.9 cm³/mol. The molecule has 100 valence electrons. The van der Waals surface area contributed by atoms with Crippen LogP contribution in [0.3, 0.4) is 0 Å². The van der Waals surface area contributed by atoms with Crippen LogP contribution in [0.1, 0.15) is 19.7 Å². The van der Waals surface area contributed by atoms with Crippen LogP contribution in [-0.4, -0.2) is 16.5 Å². The Balaban J connectivity index is 2.44. The number of aryl methyl sites for hydroxylation is 1. The van der Waals surface area contributed by atoms with Gasteiger partial charge in [0.05, 0.1) is 0 Å². The summed E-state index contributed by atoms with van der Waals surface area (Å²) in [6.45, 7) is 4.62. The summed E-state index contributed by atoms with van der Waals surface area (Å²) in [5, 5.41) is 0. The molecule has 1 aromatic heterocycles. The molecule has 0 spiro atoms. The fraction of sp³-hybridized carbons (Fsp3) is 0.286. The van der Waals surface area contributed by atoms with Crippen molar-refractivity contribution in [3.63, 3.8) is 0 Å². The topological polar surface area (TPSA) is 55.0 Å². The van der Waals surface area contributed by atoms with E-state index in [1.807, 2.05) is 24.8 Å². The van der Waals surface area contributed by atoms with E-state index in [0.29, 0.717) is 30.4 Å². The molecule has 4 nitrogen and oxygen atoms in total. The van der Waals surface area contributed by atoms with Crippen LogP contribution in [0.5, 0.6) is 0 Å². The van der Waals surface area contributed by atoms with E-state index in [0.717, 1.165) is 5.69 Å². The second-order valence-electron chi connectivity index (χ2n) is 4.14. The summed E-state index contributed by atoms with van der Waals surface area (Å²) in [6, 6.07) is 8.12. The molecular formula is C14H17FN4. The van der Waals surface area contributed by atoms with Crippen molar-refractivity contribution in [2.45, 2.75) is 20.3 Å². The highest BCUT2D eigenvalue weighted by atomic mass is 19.1. The van der Waals surface area contributed by atoms with Crippen LogP contribution >= 0.6 is 0 Å². The van der Waals surface area contributed by atoms with Crippen molar-refractivity contribution < 1.29 is 4.39 Å². The first kappa shape index (κ1) is 13.3. The number of hydrogen-bond donors (Lipinski definition) is 1. The number of nitrogens with zero attached hydrogens (tertiary/aromatic N) is 3. The Morgan fingerprint density at radius 2 is 2.00 bits per heavy atom. The van der Waals surface area contributed by atoms with Gasteiger partial charge in [-0.2, -0.15) is 0 Å². The van der Waals surface area contributed by atoms with E-state index in [9.17, 15) is 4.39 Å². The molecule has 0 amide bonds. The number of halogens is 1. The number of hydrogen-bond acceptors (Lipinski definition) is 4. The summed E-state index contributed by atoms with van der Waals surface area (Å²) in [6.07, 6.45) is 0.707. The summed E-state index contributed by atoms with van der Waals surface area (Å²) >= 11 is 0. The van der Waals surface area contributed by atoms with E-state index in [-0.39, 0.29) is 5.82 Å². The van der Waals surface area contributed by atoms with Crippen molar-refractivity contribution in [2.75, 3.05) is 17.2 Å². The van der Waals surface area contributed by atoms with Crippen LogP contribution < -0.4 is 10.6 Å². The van der Waals surface area contributed by atoms with Crippen LogP contribution in [0, 0.1) is 5.82 Å². The molecular weight excluding hydrogens is 243 g/mol. The second-order valence-corrected chi connectivity index (χ2v) is 4.14. The maximum atomic E-state index is 13.3. The maximum absolute atomic E-state index is 13.3. The zero-order valence-corrected chi connectivity index (χ0v) is 11.1. The van der Waals surface area contributed by atoms with Crippen molar-refractivity contribution in [2.24, 2.45) is 0 Å². The van der Waals surface area contributed by atoms with Crippen LogP contribution in [0.4, 0.5) is 21.7 Å². The Bertz CT molecular complexity index is 571. The van der Waals surface area contributed by atoms with Crippen LogP contribution in [0.25, 0.3) is 0 Å². The van der Waals surface area contributed by atoms with Gasteiger partial charge in [0, 0.05) is 24.7 Å². The van der Waals surface area contributed by atoms with E-state index in [2.05, 4.69) is 9.97 Å². The highest BCUT2D eigenvalue weighted by Crippen LogP contribution is 2.25. The minimum absolute atomic E-state index is 0.270. The fourth-order valence-corrected chi connectivity index (χ4v) is 1.92. The minimum Gasteiger partial charge on any atom is -0.384 e. The largest absolute Gasteiger partial charge is 0.384 e. The first-order chi connectivity index (χ1) is 9.13. The molecule has 2 N–H and O–H groups in total. The predicted octanol–water partition coefficient (Wildman–Crippen LogP) is 2.92. The Kier molecular flexibility index (Phi) is 3.94. The van der Waals surface area contributed by atoms with E-state index in [4.69, 9.17) is 5.73 Å². The third kappa shape index (κ3) is 2.99. The highest BCUT2D eigenvalue weighted by Gasteiger charge is 2.11. The van der Waals surface area contributed by atoms with Crippen LogP contribution in [0.15, 0.2) is 30.3 Å². The van der Waals surface area contributed by atoms with E-state index in [1.165, 1.54) is 12.1 Å². The van der Waals surface area contributed by atoms with Crippen molar-refractivity contribution >= 4 is 17.3 Å². The average molecular weight is 260 g/mol. The van der Waals surface area contributed by atoms with E-state index >= 15 is 0 Å². The van der Waals surface area contributed by atoms with Gasteiger partial charge in [-0.25, -0.2) is 14.4 Å². The van der Waals surface area contributed by atoms with Gasteiger partial charge in [0.2, 0.25) is 0 Å². The molecule has 0 atom stereocenters.